The van der Waals surface area contributed by atoms with Crippen LogP contribution in [0.1, 0.15) is 53.0 Å². The number of hydrogen-bond donors (Lipinski definition) is 1. The summed E-state index contributed by atoms with van der Waals surface area (Å²) in [5.74, 6) is 2.67. The van der Waals surface area contributed by atoms with E-state index in [0.29, 0.717) is 38.1 Å². The fraction of sp³-hybridized carbons (Fsp3) is 0.741. The van der Waals surface area contributed by atoms with Gasteiger partial charge in [0.05, 0.1) is 13.7 Å². The molecule has 0 aromatic heterocycles. The van der Waals surface area contributed by atoms with Crippen LogP contribution in [-0.4, -0.2) is 68.8 Å². The Balaban J connectivity index is 2.08. The van der Waals surface area contributed by atoms with E-state index in [9.17, 15) is 9.90 Å². The summed E-state index contributed by atoms with van der Waals surface area (Å²) in [4.78, 5) is 14.3. The number of carbonyl (C=O) groups excluding carboxylic acids is 1. The summed E-state index contributed by atoms with van der Waals surface area (Å²) in [7, 11) is 3.34. The van der Waals surface area contributed by atoms with Crippen molar-refractivity contribution in [1.29, 1.82) is 0 Å². The highest BCUT2D eigenvalue weighted by molar-refractivity contribution is 5.68. The molecule has 0 unspecified atom stereocenters. The van der Waals surface area contributed by atoms with Gasteiger partial charge in [0, 0.05) is 45.8 Å². The number of nitrogens with zero attached hydrogens (tertiary/aromatic N) is 1. The molecular weight excluding hydrogens is 434 g/mol. The lowest BCUT2D eigenvalue weighted by molar-refractivity contribution is 0.0280. The molecule has 3 atom stereocenters. The first kappa shape index (κ1) is 28.2. The summed E-state index contributed by atoms with van der Waals surface area (Å²) in [6, 6.07) is 6.14. The van der Waals surface area contributed by atoms with Gasteiger partial charge in [0.2, 0.25) is 0 Å². The number of amides is 1. The maximum absolute atomic E-state index is 12.6. The zero-order valence-corrected chi connectivity index (χ0v) is 22.1. The zero-order chi connectivity index (χ0) is 25.3. The molecule has 0 aliphatic carbocycles. The third kappa shape index (κ3) is 8.66. The minimum absolute atomic E-state index is 0.0734. The van der Waals surface area contributed by atoms with Crippen molar-refractivity contribution in [1.82, 2.24) is 4.90 Å². The predicted octanol–water partition coefficient (Wildman–Crippen LogP) is 4.79. The van der Waals surface area contributed by atoms with Crippen LogP contribution in [0.25, 0.3) is 0 Å². The van der Waals surface area contributed by atoms with Gasteiger partial charge in [-0.2, -0.15) is 0 Å². The van der Waals surface area contributed by atoms with Gasteiger partial charge in [-0.1, -0.05) is 19.9 Å². The van der Waals surface area contributed by atoms with Gasteiger partial charge in [-0.15, -0.1) is 0 Å². The van der Waals surface area contributed by atoms with E-state index < -0.39 is 5.60 Å². The Morgan fingerprint density at radius 3 is 2.41 bits per heavy atom. The quantitative estimate of drug-likeness (QED) is 0.434. The van der Waals surface area contributed by atoms with Crippen LogP contribution in [0.2, 0.25) is 0 Å². The SMILES string of the molecule is COCCCOc1cc(C[C@@H](C[C@H]2CN(C(=O)OC(C)(C)C)C[C@H]2CO)C(C)C)ccc1OC. The maximum atomic E-state index is 12.6. The molecule has 0 saturated carbocycles. The van der Waals surface area contributed by atoms with E-state index in [1.165, 1.54) is 5.56 Å². The molecule has 0 spiro atoms. The van der Waals surface area contributed by atoms with E-state index in [-0.39, 0.29) is 24.5 Å². The van der Waals surface area contributed by atoms with Crippen LogP contribution in [0.5, 0.6) is 11.5 Å². The smallest absolute Gasteiger partial charge is 0.410 e. The molecule has 1 N–H and O–H groups in total. The van der Waals surface area contributed by atoms with E-state index >= 15 is 0 Å². The number of methoxy groups -OCH3 is 2. The Bertz CT molecular complexity index is 760. The first-order valence-electron chi connectivity index (χ1n) is 12.4. The van der Waals surface area contributed by atoms with E-state index in [2.05, 4.69) is 26.0 Å². The fourth-order valence-corrected chi connectivity index (χ4v) is 4.52. The van der Waals surface area contributed by atoms with Crippen molar-refractivity contribution in [2.24, 2.45) is 23.7 Å². The second-order valence-corrected chi connectivity index (χ2v) is 10.7. The van der Waals surface area contributed by atoms with Gasteiger partial charge in [0.15, 0.2) is 11.5 Å². The highest BCUT2D eigenvalue weighted by atomic mass is 16.6. The predicted molar refractivity (Wildman–Crippen MR) is 134 cm³/mol. The number of likely N-dealkylation sites (tertiary alicyclic amines) is 1. The van der Waals surface area contributed by atoms with Crippen molar-refractivity contribution in [3.63, 3.8) is 0 Å². The monoisotopic (exact) mass is 479 g/mol. The van der Waals surface area contributed by atoms with Gasteiger partial charge in [-0.3, -0.25) is 0 Å². The Kier molecular flexibility index (Phi) is 11.0. The van der Waals surface area contributed by atoms with Gasteiger partial charge in [-0.25, -0.2) is 4.79 Å². The standard InChI is InChI=1S/C27H45NO6/c1-19(2)21(13-20-9-10-24(32-7)25(14-20)33-12-8-11-31-6)15-22-16-28(17-23(22)18-29)26(30)34-27(3,4)5/h9-10,14,19,21-23,29H,8,11-13,15-18H2,1-7H3/t21-,22-,23-/m0/s1. The molecule has 194 valence electrons. The van der Waals surface area contributed by atoms with Crippen LogP contribution in [0.4, 0.5) is 4.79 Å². The van der Waals surface area contributed by atoms with Crippen LogP contribution in [0.3, 0.4) is 0 Å². The average molecular weight is 480 g/mol. The van der Waals surface area contributed by atoms with Crippen LogP contribution in [-0.2, 0) is 15.9 Å². The second kappa shape index (κ2) is 13.2. The summed E-state index contributed by atoms with van der Waals surface area (Å²) < 4.78 is 22.1. The number of hydrogen-bond acceptors (Lipinski definition) is 6. The van der Waals surface area contributed by atoms with Crippen molar-refractivity contribution in [3.8, 4) is 11.5 Å². The molecule has 1 aliphatic heterocycles. The first-order chi connectivity index (χ1) is 16.1. The lowest BCUT2D eigenvalue weighted by Gasteiger charge is -2.27. The minimum atomic E-state index is -0.526. The van der Waals surface area contributed by atoms with E-state index in [1.54, 1.807) is 19.1 Å². The van der Waals surface area contributed by atoms with Crippen molar-refractivity contribution in [2.45, 2.75) is 59.5 Å². The number of benzene rings is 1. The summed E-state index contributed by atoms with van der Waals surface area (Å²) in [5, 5.41) is 10.0. The Morgan fingerprint density at radius 2 is 1.82 bits per heavy atom. The van der Waals surface area contributed by atoms with Crippen LogP contribution in [0, 0.1) is 23.7 Å². The normalized spacial score (nSPS) is 19.4. The third-order valence-electron chi connectivity index (χ3n) is 6.49. The maximum Gasteiger partial charge on any atom is 0.410 e. The van der Waals surface area contributed by atoms with Gasteiger partial charge in [-0.05, 0) is 69.1 Å². The molecule has 1 aromatic carbocycles. The van der Waals surface area contributed by atoms with Gasteiger partial charge < -0.3 is 29.0 Å². The molecule has 1 aromatic rings. The molecule has 1 amide bonds. The lowest BCUT2D eigenvalue weighted by Crippen LogP contribution is -2.35. The highest BCUT2D eigenvalue weighted by Gasteiger charge is 2.38. The number of ether oxygens (including phenoxy) is 4. The molecule has 1 fully saturated rings. The fourth-order valence-electron chi connectivity index (χ4n) is 4.52. The summed E-state index contributed by atoms with van der Waals surface area (Å²) in [5.41, 5.74) is 0.672. The summed E-state index contributed by atoms with van der Waals surface area (Å²) in [6.07, 6.45) is 2.37. The second-order valence-electron chi connectivity index (χ2n) is 10.7. The molecular formula is C27H45NO6. The van der Waals surface area contributed by atoms with E-state index in [1.807, 2.05) is 26.8 Å². The molecule has 2 rings (SSSR count). The van der Waals surface area contributed by atoms with Crippen molar-refractivity contribution >= 4 is 6.09 Å². The molecule has 1 aliphatic rings. The van der Waals surface area contributed by atoms with Crippen molar-refractivity contribution in [3.05, 3.63) is 23.8 Å². The lowest BCUT2D eigenvalue weighted by atomic mass is 9.79. The third-order valence-corrected chi connectivity index (χ3v) is 6.49. The number of rotatable bonds is 12. The molecule has 7 heteroatoms. The van der Waals surface area contributed by atoms with Gasteiger partial charge in [0.1, 0.15) is 5.60 Å². The van der Waals surface area contributed by atoms with Crippen LogP contribution >= 0.6 is 0 Å². The zero-order valence-electron chi connectivity index (χ0n) is 22.1. The van der Waals surface area contributed by atoms with Crippen molar-refractivity contribution < 1.29 is 28.8 Å². The van der Waals surface area contributed by atoms with Gasteiger partial charge in [0.25, 0.3) is 0 Å². The van der Waals surface area contributed by atoms with Crippen molar-refractivity contribution in [2.75, 3.05) is 47.1 Å². The summed E-state index contributed by atoms with van der Waals surface area (Å²) in [6.45, 7) is 12.6. The molecule has 0 radical (unpaired) electrons. The summed E-state index contributed by atoms with van der Waals surface area (Å²) >= 11 is 0. The molecule has 1 heterocycles. The largest absolute Gasteiger partial charge is 0.493 e. The number of aliphatic hydroxyl groups excluding tert-OH is 1. The van der Waals surface area contributed by atoms with Gasteiger partial charge >= 0.3 is 6.09 Å². The van der Waals surface area contributed by atoms with E-state index in [4.69, 9.17) is 18.9 Å². The number of aliphatic hydroxyl groups is 1. The first-order valence-corrected chi connectivity index (χ1v) is 12.4. The van der Waals surface area contributed by atoms with Crippen LogP contribution in [0.15, 0.2) is 18.2 Å². The topological polar surface area (TPSA) is 77.5 Å². The molecule has 7 nitrogen and oxygen atoms in total. The Morgan fingerprint density at radius 1 is 1.12 bits per heavy atom. The Labute approximate surface area is 205 Å². The highest BCUT2D eigenvalue weighted by Crippen LogP contribution is 2.35. The average Bonchev–Trinajstić information content (AvgIpc) is 3.18. The molecule has 1 saturated heterocycles. The Hall–Kier alpha value is -1.99. The minimum Gasteiger partial charge on any atom is -0.493 e. The van der Waals surface area contributed by atoms with Crippen LogP contribution < -0.4 is 9.47 Å². The number of carbonyl (C=O) groups is 1. The molecule has 0 bridgehead atoms. The molecule has 34 heavy (non-hydrogen) atoms. The van der Waals surface area contributed by atoms with E-state index in [0.717, 1.165) is 30.8 Å².